The molecule has 6 N–H and O–H groups in total. The van der Waals surface area contributed by atoms with E-state index in [-0.39, 0.29) is 6.42 Å². The number of nitrogen functional groups attached to an aromatic ring is 1. The topological polar surface area (TPSA) is 110 Å². The highest BCUT2D eigenvalue weighted by Crippen LogP contribution is 2.24. The molecule has 2 atom stereocenters. The lowest BCUT2D eigenvalue weighted by Crippen LogP contribution is -2.25. The van der Waals surface area contributed by atoms with E-state index in [1.165, 1.54) is 18.2 Å². The predicted molar refractivity (Wildman–Crippen MR) is 60.6 cm³/mol. The largest absolute Gasteiger partial charge is 0.399 e. The van der Waals surface area contributed by atoms with Gasteiger partial charge in [-0.05, 0) is 23.8 Å². The second-order valence-corrected chi connectivity index (χ2v) is 3.94. The second kappa shape index (κ2) is 5.16. The number of carbonyl (C=O) groups is 1. The van der Waals surface area contributed by atoms with E-state index in [0.717, 1.165) is 0 Å². The first kappa shape index (κ1) is 12.8. The Kier molecular flexibility index (Phi) is 4.12. The molecule has 88 valence electrons. The first-order chi connectivity index (χ1) is 7.40. The number of hydrogen-bond acceptors (Lipinski definition) is 4. The third-order valence-corrected chi connectivity index (χ3v) is 2.28. The lowest BCUT2D eigenvalue weighted by atomic mass is 10.0. The van der Waals surface area contributed by atoms with Gasteiger partial charge in [-0.2, -0.15) is 0 Å². The standard InChI is InChI=1S/C10H13ClN2O3/c11-6-1-5(2-7(12)3-6)10(16)8(14)4-9(13)15/h1-3,8,10,14,16H,4,12H2,(H2,13,15). The van der Waals surface area contributed by atoms with E-state index >= 15 is 0 Å². The van der Waals surface area contributed by atoms with Gasteiger partial charge in [0.25, 0.3) is 0 Å². The van der Waals surface area contributed by atoms with Gasteiger partial charge in [0, 0.05) is 10.7 Å². The summed E-state index contributed by atoms with van der Waals surface area (Å²) >= 11 is 5.74. The lowest BCUT2D eigenvalue weighted by Gasteiger charge is -2.17. The van der Waals surface area contributed by atoms with Gasteiger partial charge in [0.05, 0.1) is 12.5 Å². The molecule has 0 radical (unpaired) electrons. The van der Waals surface area contributed by atoms with Gasteiger partial charge in [-0.1, -0.05) is 11.6 Å². The van der Waals surface area contributed by atoms with Gasteiger partial charge in [-0.25, -0.2) is 0 Å². The van der Waals surface area contributed by atoms with Crippen molar-refractivity contribution in [2.24, 2.45) is 5.73 Å². The second-order valence-electron chi connectivity index (χ2n) is 3.50. The fourth-order valence-electron chi connectivity index (χ4n) is 1.35. The zero-order valence-corrected chi connectivity index (χ0v) is 9.19. The molecule has 0 spiro atoms. The number of aliphatic hydroxyl groups excluding tert-OH is 2. The Balaban J connectivity index is 2.86. The van der Waals surface area contributed by atoms with Crippen molar-refractivity contribution in [3.63, 3.8) is 0 Å². The Hall–Kier alpha value is -1.30. The van der Waals surface area contributed by atoms with Crippen molar-refractivity contribution in [3.8, 4) is 0 Å². The molecule has 0 saturated heterocycles. The maximum absolute atomic E-state index is 10.6. The van der Waals surface area contributed by atoms with Gasteiger partial charge in [-0.3, -0.25) is 4.79 Å². The molecule has 6 heteroatoms. The number of primary amides is 1. The summed E-state index contributed by atoms with van der Waals surface area (Å²) in [6, 6.07) is 4.45. The number of halogens is 1. The van der Waals surface area contributed by atoms with Crippen molar-refractivity contribution in [3.05, 3.63) is 28.8 Å². The van der Waals surface area contributed by atoms with Crippen LogP contribution >= 0.6 is 11.6 Å². The molecule has 2 unspecified atom stereocenters. The maximum atomic E-state index is 10.6. The smallest absolute Gasteiger partial charge is 0.220 e. The molecule has 0 bridgehead atoms. The molecule has 1 amide bonds. The molecular formula is C10H13ClN2O3. The minimum Gasteiger partial charge on any atom is -0.399 e. The van der Waals surface area contributed by atoms with Crippen molar-refractivity contribution >= 4 is 23.2 Å². The van der Waals surface area contributed by atoms with Crippen molar-refractivity contribution in [1.29, 1.82) is 0 Å². The number of aliphatic hydroxyl groups is 2. The van der Waals surface area contributed by atoms with E-state index in [9.17, 15) is 15.0 Å². The van der Waals surface area contributed by atoms with E-state index in [1.54, 1.807) is 0 Å². The highest BCUT2D eigenvalue weighted by atomic mass is 35.5. The number of benzene rings is 1. The van der Waals surface area contributed by atoms with Crippen LogP contribution in [0.4, 0.5) is 5.69 Å². The Bertz CT molecular complexity index is 377. The molecule has 16 heavy (non-hydrogen) atoms. The van der Waals surface area contributed by atoms with Crippen LogP contribution < -0.4 is 11.5 Å². The molecule has 1 aromatic rings. The average molecular weight is 245 g/mol. The fourth-order valence-corrected chi connectivity index (χ4v) is 1.60. The molecular weight excluding hydrogens is 232 g/mol. The summed E-state index contributed by atoms with van der Waals surface area (Å²) in [7, 11) is 0. The molecule has 0 aliphatic rings. The van der Waals surface area contributed by atoms with E-state index in [0.29, 0.717) is 16.3 Å². The van der Waals surface area contributed by atoms with Gasteiger partial charge in [0.15, 0.2) is 0 Å². The van der Waals surface area contributed by atoms with Crippen LogP contribution in [0, 0.1) is 0 Å². The van der Waals surface area contributed by atoms with Crippen LogP contribution in [0.1, 0.15) is 18.1 Å². The SMILES string of the molecule is NC(=O)CC(O)C(O)c1cc(N)cc(Cl)c1. The molecule has 0 fully saturated rings. The van der Waals surface area contributed by atoms with Gasteiger partial charge in [0.2, 0.25) is 5.91 Å². The first-order valence-corrected chi connectivity index (χ1v) is 4.98. The van der Waals surface area contributed by atoms with Crippen molar-refractivity contribution < 1.29 is 15.0 Å². The van der Waals surface area contributed by atoms with E-state index in [1.807, 2.05) is 0 Å². The van der Waals surface area contributed by atoms with Crippen LogP contribution in [0.15, 0.2) is 18.2 Å². The number of nitrogens with two attached hydrogens (primary N) is 2. The molecule has 0 aromatic heterocycles. The Labute approximate surface area is 97.6 Å². The number of rotatable bonds is 4. The summed E-state index contributed by atoms with van der Waals surface area (Å²) in [6.45, 7) is 0. The molecule has 0 aliphatic heterocycles. The van der Waals surface area contributed by atoms with Gasteiger partial charge in [-0.15, -0.1) is 0 Å². The van der Waals surface area contributed by atoms with Gasteiger partial charge in [0.1, 0.15) is 6.10 Å². The quantitative estimate of drug-likeness (QED) is 0.567. The summed E-state index contributed by atoms with van der Waals surface area (Å²) in [5, 5.41) is 19.6. The van der Waals surface area contributed by atoms with Crippen LogP contribution in [-0.4, -0.2) is 22.2 Å². The molecule has 1 rings (SSSR count). The minimum atomic E-state index is -1.27. The number of carbonyl (C=O) groups excluding carboxylic acids is 1. The van der Waals surface area contributed by atoms with E-state index < -0.39 is 18.1 Å². The van der Waals surface area contributed by atoms with Crippen LogP contribution in [0.25, 0.3) is 0 Å². The highest BCUT2D eigenvalue weighted by molar-refractivity contribution is 6.30. The van der Waals surface area contributed by atoms with Crippen molar-refractivity contribution in [2.45, 2.75) is 18.6 Å². The summed E-state index contributed by atoms with van der Waals surface area (Å²) < 4.78 is 0. The number of hydrogen-bond donors (Lipinski definition) is 4. The third kappa shape index (κ3) is 3.37. The van der Waals surface area contributed by atoms with Gasteiger partial charge >= 0.3 is 0 Å². The summed E-state index contributed by atoms with van der Waals surface area (Å²) in [6.07, 6.45) is -2.84. The van der Waals surface area contributed by atoms with Crippen LogP contribution in [0.3, 0.4) is 0 Å². The summed E-state index contributed by atoms with van der Waals surface area (Å²) in [4.78, 5) is 10.6. The minimum absolute atomic E-state index is 0.326. The summed E-state index contributed by atoms with van der Waals surface area (Å²) in [5.41, 5.74) is 11.2. The predicted octanol–water partition coefficient (Wildman–Crippen LogP) is 0.192. The number of amides is 1. The average Bonchev–Trinajstić information content (AvgIpc) is 2.13. The molecule has 0 saturated carbocycles. The normalized spacial score (nSPS) is 14.4. The number of anilines is 1. The summed E-state index contributed by atoms with van der Waals surface area (Å²) in [5.74, 6) is -0.693. The Morgan fingerprint density at radius 1 is 1.38 bits per heavy atom. The lowest BCUT2D eigenvalue weighted by molar-refractivity contribution is -0.121. The van der Waals surface area contributed by atoms with Crippen molar-refractivity contribution in [2.75, 3.05) is 5.73 Å². The van der Waals surface area contributed by atoms with Crippen molar-refractivity contribution in [1.82, 2.24) is 0 Å². The monoisotopic (exact) mass is 244 g/mol. The molecule has 0 heterocycles. The zero-order valence-electron chi connectivity index (χ0n) is 8.43. The highest BCUT2D eigenvalue weighted by Gasteiger charge is 2.20. The third-order valence-electron chi connectivity index (χ3n) is 2.06. The molecule has 1 aromatic carbocycles. The first-order valence-electron chi connectivity index (χ1n) is 4.60. The van der Waals surface area contributed by atoms with E-state index in [2.05, 4.69) is 0 Å². The van der Waals surface area contributed by atoms with E-state index in [4.69, 9.17) is 23.1 Å². The Morgan fingerprint density at radius 3 is 2.50 bits per heavy atom. The maximum Gasteiger partial charge on any atom is 0.220 e. The van der Waals surface area contributed by atoms with Crippen LogP contribution in [0.5, 0.6) is 0 Å². The zero-order chi connectivity index (χ0) is 12.3. The molecule has 5 nitrogen and oxygen atoms in total. The fraction of sp³-hybridized carbons (Fsp3) is 0.300. The Morgan fingerprint density at radius 2 is 2.00 bits per heavy atom. The van der Waals surface area contributed by atoms with Gasteiger partial charge < -0.3 is 21.7 Å². The molecule has 0 aliphatic carbocycles. The van der Waals surface area contributed by atoms with Crippen LogP contribution in [0.2, 0.25) is 5.02 Å². The van der Waals surface area contributed by atoms with Crippen LogP contribution in [-0.2, 0) is 4.79 Å².